The van der Waals surface area contributed by atoms with Crippen LogP contribution in [-0.2, 0) is 14.3 Å². The predicted octanol–water partition coefficient (Wildman–Crippen LogP) is 1.92. The van der Waals surface area contributed by atoms with Crippen LogP contribution in [0.15, 0.2) is 12.7 Å². The highest BCUT2D eigenvalue weighted by molar-refractivity contribution is 5.81. The van der Waals surface area contributed by atoms with E-state index in [0.29, 0.717) is 18.1 Å². The van der Waals surface area contributed by atoms with E-state index in [2.05, 4.69) is 6.58 Å². The molecule has 17 heavy (non-hydrogen) atoms. The highest BCUT2D eigenvalue weighted by atomic mass is 16.6. The largest absolute Gasteiger partial charge is 0.459 e. The summed E-state index contributed by atoms with van der Waals surface area (Å²) in [5, 5.41) is 0. The van der Waals surface area contributed by atoms with E-state index in [-0.39, 0.29) is 12.1 Å². The molecule has 2 bridgehead atoms. The van der Waals surface area contributed by atoms with E-state index in [4.69, 9.17) is 9.47 Å². The van der Waals surface area contributed by atoms with Crippen molar-refractivity contribution in [1.29, 1.82) is 0 Å². The van der Waals surface area contributed by atoms with Gasteiger partial charge in [-0.05, 0) is 49.4 Å². The number of hydrogen-bond acceptors (Lipinski definition) is 3. The zero-order chi connectivity index (χ0) is 11.6. The monoisotopic (exact) mass is 234 g/mol. The first kappa shape index (κ1) is 10.1. The molecule has 4 aliphatic rings. The van der Waals surface area contributed by atoms with Crippen molar-refractivity contribution in [3.8, 4) is 0 Å². The molecular weight excluding hydrogens is 216 g/mol. The second-order valence-electron chi connectivity index (χ2n) is 6.09. The number of esters is 1. The molecule has 3 nitrogen and oxygen atoms in total. The van der Waals surface area contributed by atoms with E-state index >= 15 is 0 Å². The Morgan fingerprint density at radius 2 is 1.88 bits per heavy atom. The van der Waals surface area contributed by atoms with Gasteiger partial charge < -0.3 is 9.47 Å². The third-order valence-corrected chi connectivity index (χ3v) is 5.42. The van der Waals surface area contributed by atoms with Gasteiger partial charge in [-0.25, -0.2) is 4.79 Å². The SMILES string of the molecule is C=CC(=O)OC1CC2CC1C1CC3OC3CC21. The molecule has 1 saturated heterocycles. The van der Waals surface area contributed by atoms with Gasteiger partial charge in [0.05, 0.1) is 12.2 Å². The topological polar surface area (TPSA) is 38.8 Å². The molecule has 0 N–H and O–H groups in total. The molecule has 0 amide bonds. The molecule has 0 aromatic heterocycles. The minimum atomic E-state index is -0.254. The van der Waals surface area contributed by atoms with Gasteiger partial charge in [-0.3, -0.25) is 0 Å². The van der Waals surface area contributed by atoms with Crippen molar-refractivity contribution in [2.24, 2.45) is 23.7 Å². The van der Waals surface area contributed by atoms with Crippen LogP contribution in [0.25, 0.3) is 0 Å². The van der Waals surface area contributed by atoms with Gasteiger partial charge in [0.15, 0.2) is 0 Å². The Morgan fingerprint density at radius 1 is 1.12 bits per heavy atom. The maximum atomic E-state index is 11.3. The molecule has 7 unspecified atom stereocenters. The first-order chi connectivity index (χ1) is 8.26. The van der Waals surface area contributed by atoms with Crippen LogP contribution in [0.4, 0.5) is 0 Å². The lowest BCUT2D eigenvalue weighted by atomic mass is 9.70. The van der Waals surface area contributed by atoms with Gasteiger partial charge >= 0.3 is 5.97 Å². The molecule has 1 heterocycles. The van der Waals surface area contributed by atoms with E-state index in [1.807, 2.05) is 0 Å². The van der Waals surface area contributed by atoms with Gasteiger partial charge in [-0.15, -0.1) is 0 Å². The first-order valence-corrected chi connectivity index (χ1v) is 6.74. The van der Waals surface area contributed by atoms with E-state index < -0.39 is 0 Å². The number of ether oxygens (including phenoxy) is 2. The molecule has 1 aliphatic heterocycles. The van der Waals surface area contributed by atoms with E-state index in [0.717, 1.165) is 24.2 Å². The van der Waals surface area contributed by atoms with Crippen molar-refractivity contribution in [3.63, 3.8) is 0 Å². The lowest BCUT2D eigenvalue weighted by Gasteiger charge is -2.36. The predicted molar refractivity (Wildman–Crippen MR) is 61.2 cm³/mol. The molecule has 0 aromatic rings. The average Bonchev–Trinajstić information content (AvgIpc) is 2.86. The Kier molecular flexibility index (Phi) is 1.99. The smallest absolute Gasteiger partial charge is 0.330 e. The van der Waals surface area contributed by atoms with Crippen molar-refractivity contribution in [2.75, 3.05) is 0 Å². The zero-order valence-electron chi connectivity index (χ0n) is 9.88. The molecule has 92 valence electrons. The van der Waals surface area contributed by atoms with Gasteiger partial charge in [0, 0.05) is 6.08 Å². The standard InChI is InChI=1S/C14H18O3/c1-2-14(15)17-11-4-7-3-10(11)9-6-13-12(16-13)5-8(7)9/h2,7-13H,1,3-6H2. The lowest BCUT2D eigenvalue weighted by molar-refractivity contribution is -0.147. The highest BCUT2D eigenvalue weighted by Gasteiger charge is 2.60. The Morgan fingerprint density at radius 3 is 2.65 bits per heavy atom. The van der Waals surface area contributed by atoms with Crippen LogP contribution in [-0.4, -0.2) is 24.3 Å². The summed E-state index contributed by atoms with van der Waals surface area (Å²) in [6.45, 7) is 3.47. The summed E-state index contributed by atoms with van der Waals surface area (Å²) in [5.74, 6) is 2.72. The normalized spacial score (nSPS) is 53.8. The number of fused-ring (bicyclic) bond motifs is 6. The fourth-order valence-electron chi connectivity index (χ4n) is 4.72. The summed E-state index contributed by atoms with van der Waals surface area (Å²) in [4.78, 5) is 11.3. The van der Waals surface area contributed by atoms with Crippen molar-refractivity contribution in [2.45, 2.75) is 44.0 Å². The zero-order valence-corrected chi connectivity index (χ0v) is 9.88. The maximum absolute atomic E-state index is 11.3. The minimum Gasteiger partial charge on any atom is -0.459 e. The molecule has 3 saturated carbocycles. The van der Waals surface area contributed by atoms with Gasteiger partial charge in [0.25, 0.3) is 0 Å². The molecule has 0 aromatic carbocycles. The van der Waals surface area contributed by atoms with Gasteiger partial charge in [0.2, 0.25) is 0 Å². The summed E-state index contributed by atoms with van der Waals surface area (Å²) in [7, 11) is 0. The number of carbonyl (C=O) groups excluding carboxylic acids is 1. The Bertz CT molecular complexity index is 378. The van der Waals surface area contributed by atoms with Crippen LogP contribution in [0.5, 0.6) is 0 Å². The quantitative estimate of drug-likeness (QED) is 0.416. The molecular formula is C14H18O3. The maximum Gasteiger partial charge on any atom is 0.330 e. The average molecular weight is 234 g/mol. The fraction of sp³-hybridized carbons (Fsp3) is 0.786. The van der Waals surface area contributed by atoms with Crippen molar-refractivity contribution in [1.82, 2.24) is 0 Å². The van der Waals surface area contributed by atoms with Crippen molar-refractivity contribution >= 4 is 5.97 Å². The molecule has 0 radical (unpaired) electrons. The van der Waals surface area contributed by atoms with Crippen molar-refractivity contribution in [3.05, 3.63) is 12.7 Å². The third kappa shape index (κ3) is 1.41. The van der Waals surface area contributed by atoms with Crippen LogP contribution >= 0.6 is 0 Å². The van der Waals surface area contributed by atoms with Crippen LogP contribution in [0.1, 0.15) is 25.7 Å². The van der Waals surface area contributed by atoms with Crippen LogP contribution in [0.3, 0.4) is 0 Å². The Labute approximate surface area is 101 Å². The fourth-order valence-corrected chi connectivity index (χ4v) is 4.72. The van der Waals surface area contributed by atoms with Crippen molar-refractivity contribution < 1.29 is 14.3 Å². The Hall–Kier alpha value is -0.830. The number of carbonyl (C=O) groups is 1. The number of rotatable bonds is 2. The minimum absolute atomic E-state index is 0.155. The van der Waals surface area contributed by atoms with E-state index in [1.54, 1.807) is 0 Å². The number of hydrogen-bond donors (Lipinski definition) is 0. The van der Waals surface area contributed by atoms with Gasteiger partial charge in [-0.2, -0.15) is 0 Å². The summed E-state index contributed by atoms with van der Waals surface area (Å²) >= 11 is 0. The second-order valence-corrected chi connectivity index (χ2v) is 6.09. The first-order valence-electron chi connectivity index (χ1n) is 6.74. The molecule has 4 rings (SSSR count). The summed E-state index contributed by atoms with van der Waals surface area (Å²) in [6.07, 6.45) is 7.35. The summed E-state index contributed by atoms with van der Waals surface area (Å²) < 4.78 is 11.1. The highest BCUT2D eigenvalue weighted by Crippen LogP contribution is 2.61. The van der Waals surface area contributed by atoms with Crippen LogP contribution in [0.2, 0.25) is 0 Å². The second kappa shape index (κ2) is 3.35. The number of epoxide rings is 1. The molecule has 3 aliphatic carbocycles. The third-order valence-electron chi connectivity index (χ3n) is 5.42. The molecule has 4 fully saturated rings. The Balaban J connectivity index is 1.50. The van der Waals surface area contributed by atoms with Crippen LogP contribution in [0, 0.1) is 23.7 Å². The van der Waals surface area contributed by atoms with E-state index in [9.17, 15) is 4.79 Å². The molecule has 3 heteroatoms. The van der Waals surface area contributed by atoms with Gasteiger partial charge in [-0.1, -0.05) is 6.58 Å². The lowest BCUT2D eigenvalue weighted by Crippen LogP contribution is -2.37. The van der Waals surface area contributed by atoms with E-state index in [1.165, 1.54) is 25.3 Å². The van der Waals surface area contributed by atoms with Crippen LogP contribution < -0.4 is 0 Å². The van der Waals surface area contributed by atoms with Gasteiger partial charge in [0.1, 0.15) is 6.10 Å². The summed E-state index contributed by atoms with van der Waals surface area (Å²) in [5.41, 5.74) is 0. The molecule has 7 atom stereocenters. The molecule has 0 spiro atoms. The summed E-state index contributed by atoms with van der Waals surface area (Å²) in [6, 6.07) is 0.